The second kappa shape index (κ2) is 6.18. The Balaban J connectivity index is 2.05. The summed E-state index contributed by atoms with van der Waals surface area (Å²) in [5.74, 6) is 0.372. The monoisotopic (exact) mass is 260 g/mol. The van der Waals surface area contributed by atoms with Gasteiger partial charge in [0.05, 0.1) is 12.8 Å². The van der Waals surface area contributed by atoms with Gasteiger partial charge in [0.25, 0.3) is 0 Å². The van der Waals surface area contributed by atoms with E-state index in [2.05, 4.69) is 10.3 Å². The number of hydrogen-bond acceptors (Lipinski definition) is 3. The molecule has 0 radical (unpaired) electrons. The van der Waals surface area contributed by atoms with E-state index >= 15 is 0 Å². The van der Waals surface area contributed by atoms with Crippen molar-refractivity contribution in [1.29, 1.82) is 0 Å². The summed E-state index contributed by atoms with van der Waals surface area (Å²) in [6.07, 6.45) is 2.27. The van der Waals surface area contributed by atoms with Crippen molar-refractivity contribution < 1.29 is 9.13 Å². The molecule has 1 heterocycles. The molecule has 19 heavy (non-hydrogen) atoms. The number of ether oxygens (including phenoxy) is 1. The van der Waals surface area contributed by atoms with Crippen LogP contribution in [0.15, 0.2) is 42.6 Å². The van der Waals surface area contributed by atoms with E-state index in [0.29, 0.717) is 17.9 Å². The van der Waals surface area contributed by atoms with Crippen LogP contribution in [0.25, 0.3) is 0 Å². The summed E-state index contributed by atoms with van der Waals surface area (Å²) in [6, 6.07) is 10.6. The lowest BCUT2D eigenvalue weighted by Gasteiger charge is -2.17. The fourth-order valence-electron chi connectivity index (χ4n) is 1.97. The third kappa shape index (κ3) is 3.44. The maximum Gasteiger partial charge on any atom is 0.237 e. The van der Waals surface area contributed by atoms with E-state index in [1.807, 2.05) is 25.1 Å². The number of pyridine rings is 1. The lowest BCUT2D eigenvalue weighted by molar-refractivity contribution is 0.399. The first-order valence-corrected chi connectivity index (χ1v) is 6.19. The van der Waals surface area contributed by atoms with E-state index in [9.17, 15) is 4.39 Å². The highest BCUT2D eigenvalue weighted by molar-refractivity contribution is 5.52. The van der Waals surface area contributed by atoms with Crippen LogP contribution < -0.4 is 10.1 Å². The molecule has 1 atom stereocenters. The van der Waals surface area contributed by atoms with E-state index in [0.717, 1.165) is 5.69 Å². The molecule has 0 saturated heterocycles. The van der Waals surface area contributed by atoms with Gasteiger partial charge in [0.2, 0.25) is 5.88 Å². The molecule has 2 aromatic rings. The quantitative estimate of drug-likeness (QED) is 0.896. The average molecular weight is 260 g/mol. The number of halogens is 1. The zero-order chi connectivity index (χ0) is 13.7. The first-order chi connectivity index (χ1) is 9.20. The van der Waals surface area contributed by atoms with Gasteiger partial charge in [-0.05, 0) is 37.1 Å². The zero-order valence-corrected chi connectivity index (χ0v) is 11.1. The predicted molar refractivity (Wildman–Crippen MR) is 74.0 cm³/mol. The van der Waals surface area contributed by atoms with Crippen LogP contribution in [0, 0.1) is 5.82 Å². The molecule has 0 aliphatic carbocycles. The second-order valence-electron chi connectivity index (χ2n) is 4.40. The Labute approximate surface area is 112 Å². The fraction of sp³-hybridized carbons (Fsp3) is 0.267. The number of anilines is 1. The van der Waals surface area contributed by atoms with Gasteiger partial charge in [0.1, 0.15) is 5.82 Å². The molecule has 2 rings (SSSR count). The SMILES string of the molecule is COc1ncccc1NC(C)Cc1ccccc1F. The molecule has 1 N–H and O–H groups in total. The molecule has 0 spiro atoms. The van der Waals surface area contributed by atoms with Crippen molar-refractivity contribution in [3.8, 4) is 5.88 Å². The molecule has 3 nitrogen and oxygen atoms in total. The smallest absolute Gasteiger partial charge is 0.237 e. The van der Waals surface area contributed by atoms with Gasteiger partial charge in [-0.1, -0.05) is 18.2 Å². The van der Waals surface area contributed by atoms with Crippen molar-refractivity contribution in [1.82, 2.24) is 4.98 Å². The normalized spacial score (nSPS) is 11.9. The molecule has 100 valence electrons. The molecule has 1 unspecified atom stereocenters. The summed E-state index contributed by atoms with van der Waals surface area (Å²) in [4.78, 5) is 4.12. The summed E-state index contributed by atoms with van der Waals surface area (Å²) in [5.41, 5.74) is 1.51. The number of nitrogens with zero attached hydrogens (tertiary/aromatic N) is 1. The van der Waals surface area contributed by atoms with Crippen LogP contribution in [-0.4, -0.2) is 18.1 Å². The van der Waals surface area contributed by atoms with Gasteiger partial charge in [0.15, 0.2) is 0 Å². The molecule has 0 bridgehead atoms. The van der Waals surface area contributed by atoms with Crippen LogP contribution in [0.2, 0.25) is 0 Å². The van der Waals surface area contributed by atoms with E-state index in [-0.39, 0.29) is 11.9 Å². The summed E-state index contributed by atoms with van der Waals surface area (Å²) in [7, 11) is 1.58. The Morgan fingerprint density at radius 2 is 2.05 bits per heavy atom. The number of nitrogens with one attached hydrogen (secondary N) is 1. The maximum absolute atomic E-state index is 13.6. The first-order valence-electron chi connectivity index (χ1n) is 6.19. The highest BCUT2D eigenvalue weighted by Crippen LogP contribution is 2.21. The zero-order valence-electron chi connectivity index (χ0n) is 11.1. The number of rotatable bonds is 5. The van der Waals surface area contributed by atoms with Crippen LogP contribution in [0.4, 0.5) is 10.1 Å². The summed E-state index contributed by atoms with van der Waals surface area (Å²) >= 11 is 0. The summed E-state index contributed by atoms with van der Waals surface area (Å²) in [5, 5.41) is 3.28. The van der Waals surface area contributed by atoms with Crippen molar-refractivity contribution in [2.45, 2.75) is 19.4 Å². The van der Waals surface area contributed by atoms with Crippen molar-refractivity contribution in [3.63, 3.8) is 0 Å². The van der Waals surface area contributed by atoms with E-state index in [1.165, 1.54) is 6.07 Å². The number of aromatic nitrogens is 1. The molecule has 0 aliphatic heterocycles. The van der Waals surface area contributed by atoms with Crippen molar-refractivity contribution >= 4 is 5.69 Å². The van der Waals surface area contributed by atoms with Crippen LogP contribution in [-0.2, 0) is 6.42 Å². The minimum absolute atomic E-state index is 0.0787. The summed E-state index contributed by atoms with van der Waals surface area (Å²) in [6.45, 7) is 2.00. The lowest BCUT2D eigenvalue weighted by atomic mass is 10.1. The molecular weight excluding hydrogens is 243 g/mol. The van der Waals surface area contributed by atoms with Gasteiger partial charge in [-0.2, -0.15) is 0 Å². The molecule has 0 aliphatic rings. The van der Waals surface area contributed by atoms with Crippen molar-refractivity contribution in [2.75, 3.05) is 12.4 Å². The predicted octanol–water partition coefficient (Wildman–Crippen LogP) is 3.27. The highest BCUT2D eigenvalue weighted by Gasteiger charge is 2.10. The topological polar surface area (TPSA) is 34.1 Å². The van der Waals surface area contributed by atoms with Gasteiger partial charge >= 0.3 is 0 Å². The average Bonchev–Trinajstić information content (AvgIpc) is 2.42. The fourth-order valence-corrected chi connectivity index (χ4v) is 1.97. The van der Waals surface area contributed by atoms with Gasteiger partial charge in [-0.25, -0.2) is 9.37 Å². The largest absolute Gasteiger partial charge is 0.480 e. The molecule has 0 saturated carbocycles. The van der Waals surface area contributed by atoms with Crippen LogP contribution in [0.5, 0.6) is 5.88 Å². The molecule has 4 heteroatoms. The van der Waals surface area contributed by atoms with Gasteiger partial charge in [0, 0.05) is 12.2 Å². The second-order valence-corrected chi connectivity index (χ2v) is 4.40. The molecule has 1 aromatic carbocycles. The van der Waals surface area contributed by atoms with Gasteiger partial charge < -0.3 is 10.1 Å². The van der Waals surface area contributed by atoms with Crippen molar-refractivity contribution in [3.05, 3.63) is 54.0 Å². The maximum atomic E-state index is 13.6. The van der Waals surface area contributed by atoms with Gasteiger partial charge in [-0.3, -0.25) is 0 Å². The lowest BCUT2D eigenvalue weighted by Crippen LogP contribution is -2.19. The van der Waals surface area contributed by atoms with Crippen LogP contribution >= 0.6 is 0 Å². The van der Waals surface area contributed by atoms with E-state index in [4.69, 9.17) is 4.74 Å². The van der Waals surface area contributed by atoms with Crippen LogP contribution in [0.1, 0.15) is 12.5 Å². The molecular formula is C15H17FN2O. The standard InChI is InChI=1S/C15H17FN2O/c1-11(10-12-6-3-4-7-13(12)16)18-14-8-5-9-17-15(14)19-2/h3-9,11,18H,10H2,1-2H3. The first kappa shape index (κ1) is 13.3. The minimum Gasteiger partial charge on any atom is -0.480 e. The highest BCUT2D eigenvalue weighted by atomic mass is 19.1. The molecule has 0 amide bonds. The Kier molecular flexibility index (Phi) is 4.34. The Bertz CT molecular complexity index is 545. The van der Waals surface area contributed by atoms with E-state index < -0.39 is 0 Å². The van der Waals surface area contributed by atoms with Crippen molar-refractivity contribution in [2.24, 2.45) is 0 Å². The Hall–Kier alpha value is -2.10. The van der Waals surface area contributed by atoms with E-state index in [1.54, 1.807) is 25.4 Å². The number of benzene rings is 1. The van der Waals surface area contributed by atoms with Crippen LogP contribution in [0.3, 0.4) is 0 Å². The molecule has 0 fully saturated rings. The Morgan fingerprint density at radius 1 is 1.26 bits per heavy atom. The minimum atomic E-state index is -0.172. The number of hydrogen-bond donors (Lipinski definition) is 1. The third-order valence-electron chi connectivity index (χ3n) is 2.85. The molecule has 1 aromatic heterocycles. The van der Waals surface area contributed by atoms with Gasteiger partial charge in [-0.15, -0.1) is 0 Å². The summed E-state index contributed by atoms with van der Waals surface area (Å²) < 4.78 is 18.7. The Morgan fingerprint density at radius 3 is 2.79 bits per heavy atom. The third-order valence-corrected chi connectivity index (χ3v) is 2.85. The number of methoxy groups -OCH3 is 1.